The van der Waals surface area contributed by atoms with Gasteiger partial charge in [0.15, 0.2) is 0 Å². The van der Waals surface area contributed by atoms with Gasteiger partial charge in [0.05, 0.1) is 6.10 Å². The molecule has 7 heteroatoms. The Morgan fingerprint density at radius 3 is 2.38 bits per heavy atom. The molecule has 142 valence electrons. The number of ether oxygens (including phenoxy) is 1. The van der Waals surface area contributed by atoms with Crippen molar-refractivity contribution in [2.45, 2.75) is 45.0 Å². The van der Waals surface area contributed by atoms with E-state index in [0.717, 1.165) is 0 Å². The van der Waals surface area contributed by atoms with E-state index in [2.05, 4.69) is 0 Å². The number of halogens is 3. The average molecular weight is 369 g/mol. The van der Waals surface area contributed by atoms with Crippen LogP contribution in [0.1, 0.15) is 32.3 Å². The van der Waals surface area contributed by atoms with Gasteiger partial charge in [-0.3, -0.25) is 4.79 Å². The summed E-state index contributed by atoms with van der Waals surface area (Å²) >= 11 is 0. The van der Waals surface area contributed by atoms with E-state index in [9.17, 15) is 18.0 Å². The van der Waals surface area contributed by atoms with Gasteiger partial charge in [0.1, 0.15) is 17.2 Å². The molecule has 1 aliphatic rings. The Morgan fingerprint density at radius 1 is 1.27 bits per heavy atom. The van der Waals surface area contributed by atoms with Gasteiger partial charge >= 0.3 is 12.1 Å². The molecule has 0 bridgehead atoms. The third-order valence-electron chi connectivity index (χ3n) is 4.34. The zero-order chi connectivity index (χ0) is 19.5. The minimum Gasteiger partial charge on any atom is -0.494 e. The van der Waals surface area contributed by atoms with Crippen LogP contribution in [0.25, 0.3) is 5.57 Å². The van der Waals surface area contributed by atoms with Gasteiger partial charge in [0, 0.05) is 0 Å². The van der Waals surface area contributed by atoms with Crippen molar-refractivity contribution in [2.75, 3.05) is 0 Å². The molecule has 1 aliphatic carbocycles. The molecule has 0 amide bonds. The Hall–Kier alpha value is -2.28. The first-order valence-electron chi connectivity index (χ1n) is 8.25. The van der Waals surface area contributed by atoms with Gasteiger partial charge in [-0.1, -0.05) is 36.4 Å². The summed E-state index contributed by atoms with van der Waals surface area (Å²) in [5, 5.41) is 9.08. The Balaban J connectivity index is 2.56. The Morgan fingerprint density at radius 2 is 1.88 bits per heavy atom. The number of carboxylic acid groups (broad SMARTS) is 1. The van der Waals surface area contributed by atoms with E-state index in [4.69, 9.17) is 15.6 Å². The number of rotatable bonds is 6. The minimum atomic E-state index is -4.73. The number of carboxylic acids is 1. The van der Waals surface area contributed by atoms with Crippen molar-refractivity contribution in [1.82, 2.24) is 0 Å². The fraction of sp³-hybridized carbons (Fsp3) is 0.421. The van der Waals surface area contributed by atoms with Crippen LogP contribution in [-0.4, -0.2) is 29.4 Å². The molecule has 1 aromatic carbocycles. The molecule has 0 radical (unpaired) electrons. The largest absolute Gasteiger partial charge is 0.494 e. The highest BCUT2D eigenvalue weighted by Gasteiger charge is 2.60. The lowest BCUT2D eigenvalue weighted by Gasteiger charge is -2.41. The van der Waals surface area contributed by atoms with Crippen LogP contribution in [-0.2, 0) is 9.53 Å². The smallest absolute Gasteiger partial charge is 0.401 e. The summed E-state index contributed by atoms with van der Waals surface area (Å²) in [6, 6.07) is 7.01. The van der Waals surface area contributed by atoms with E-state index in [1.54, 1.807) is 50.3 Å². The molecular weight excluding hydrogens is 347 g/mol. The third-order valence-corrected chi connectivity index (χ3v) is 4.34. The monoisotopic (exact) mass is 369 g/mol. The summed E-state index contributed by atoms with van der Waals surface area (Å²) in [4.78, 5) is 11.2. The molecule has 2 rings (SSSR count). The molecule has 4 nitrogen and oxygen atoms in total. The summed E-state index contributed by atoms with van der Waals surface area (Å²) in [5.74, 6) is -1.77. The molecule has 1 aromatic rings. The SMILES string of the molecule is CC(C)OC1=CC=C(c2ccccc2)CC1(CC(N)C(=O)O)C(F)(F)F. The molecule has 26 heavy (non-hydrogen) atoms. The van der Waals surface area contributed by atoms with Crippen LogP contribution in [0.5, 0.6) is 0 Å². The first-order chi connectivity index (χ1) is 12.1. The molecule has 0 fully saturated rings. The Bertz CT molecular complexity index is 710. The van der Waals surface area contributed by atoms with Crippen LogP contribution >= 0.6 is 0 Å². The van der Waals surface area contributed by atoms with Crippen molar-refractivity contribution in [2.24, 2.45) is 11.1 Å². The number of carbonyl (C=O) groups is 1. The maximum Gasteiger partial charge on any atom is 0.401 e. The van der Waals surface area contributed by atoms with Crippen molar-refractivity contribution in [3.05, 3.63) is 53.8 Å². The van der Waals surface area contributed by atoms with Crippen LogP contribution in [0.15, 0.2) is 48.2 Å². The quantitative estimate of drug-likeness (QED) is 0.791. The standard InChI is InChI=1S/C19H22F3NO3/c1-12(2)26-16-9-8-14(13-6-4-3-5-7-13)10-18(16,19(20,21)22)11-15(23)17(24)25/h3-9,12,15H,10-11,23H2,1-2H3,(H,24,25). The maximum absolute atomic E-state index is 14.2. The van der Waals surface area contributed by atoms with Gasteiger partial charge in [-0.05, 0) is 43.9 Å². The molecule has 0 saturated heterocycles. The zero-order valence-electron chi connectivity index (χ0n) is 14.6. The number of hydrogen-bond acceptors (Lipinski definition) is 3. The molecule has 0 aliphatic heterocycles. The molecular formula is C19H22F3NO3. The van der Waals surface area contributed by atoms with E-state index in [1.807, 2.05) is 0 Å². The van der Waals surface area contributed by atoms with Crippen LogP contribution < -0.4 is 5.73 Å². The highest BCUT2D eigenvalue weighted by molar-refractivity contribution is 5.74. The highest BCUT2D eigenvalue weighted by Crippen LogP contribution is 2.55. The Labute approximate surface area is 150 Å². The fourth-order valence-electron chi connectivity index (χ4n) is 3.05. The average Bonchev–Trinajstić information content (AvgIpc) is 2.55. The minimum absolute atomic E-state index is 0.295. The van der Waals surface area contributed by atoms with Crippen molar-refractivity contribution < 1.29 is 27.8 Å². The van der Waals surface area contributed by atoms with Crippen LogP contribution in [0, 0.1) is 5.41 Å². The lowest BCUT2D eigenvalue weighted by molar-refractivity contribution is -0.226. The Kier molecular flexibility index (Phi) is 5.81. The van der Waals surface area contributed by atoms with Crippen LogP contribution in [0.2, 0.25) is 0 Å². The van der Waals surface area contributed by atoms with Crippen LogP contribution in [0.4, 0.5) is 13.2 Å². The number of nitrogens with two attached hydrogens (primary N) is 1. The third kappa shape index (κ3) is 4.09. The normalized spacial score (nSPS) is 21.8. The second-order valence-corrected chi connectivity index (χ2v) is 6.66. The van der Waals surface area contributed by atoms with Gasteiger partial charge in [-0.25, -0.2) is 0 Å². The molecule has 2 unspecified atom stereocenters. The number of hydrogen-bond donors (Lipinski definition) is 2. The number of alkyl halides is 3. The highest BCUT2D eigenvalue weighted by atomic mass is 19.4. The second-order valence-electron chi connectivity index (χ2n) is 6.66. The van der Waals surface area contributed by atoms with Gasteiger partial charge in [0.2, 0.25) is 0 Å². The predicted octanol–water partition coefficient (Wildman–Crippen LogP) is 4.13. The number of aliphatic carboxylic acids is 1. The molecule has 0 saturated carbocycles. The molecule has 0 spiro atoms. The van der Waals surface area contributed by atoms with Crippen molar-refractivity contribution in [1.29, 1.82) is 0 Å². The van der Waals surface area contributed by atoms with E-state index in [0.29, 0.717) is 11.1 Å². The maximum atomic E-state index is 14.2. The van der Waals surface area contributed by atoms with Crippen molar-refractivity contribution in [3.8, 4) is 0 Å². The van der Waals surface area contributed by atoms with Crippen molar-refractivity contribution in [3.63, 3.8) is 0 Å². The number of benzene rings is 1. The lowest BCUT2D eigenvalue weighted by Crippen LogP contribution is -2.48. The second kappa shape index (κ2) is 7.53. The molecule has 0 aromatic heterocycles. The fourth-order valence-corrected chi connectivity index (χ4v) is 3.05. The van der Waals surface area contributed by atoms with E-state index < -0.39 is 42.5 Å². The summed E-state index contributed by atoms with van der Waals surface area (Å²) in [7, 11) is 0. The summed E-state index contributed by atoms with van der Waals surface area (Å²) in [5.41, 5.74) is 4.11. The van der Waals surface area contributed by atoms with Crippen molar-refractivity contribution >= 4 is 11.5 Å². The first-order valence-corrected chi connectivity index (χ1v) is 8.25. The van der Waals surface area contributed by atoms with E-state index >= 15 is 0 Å². The topological polar surface area (TPSA) is 72.5 Å². The predicted molar refractivity (Wildman–Crippen MR) is 92.1 cm³/mol. The van der Waals surface area contributed by atoms with E-state index in [-0.39, 0.29) is 5.76 Å². The summed E-state index contributed by atoms with van der Waals surface area (Å²) in [6.45, 7) is 3.24. The van der Waals surface area contributed by atoms with Gasteiger partial charge in [0.25, 0.3) is 0 Å². The van der Waals surface area contributed by atoms with E-state index in [1.165, 1.54) is 6.08 Å². The number of allylic oxidation sites excluding steroid dienone is 4. The lowest BCUT2D eigenvalue weighted by atomic mass is 9.70. The van der Waals surface area contributed by atoms with Crippen LogP contribution in [0.3, 0.4) is 0 Å². The van der Waals surface area contributed by atoms with Gasteiger partial charge in [-0.15, -0.1) is 0 Å². The van der Waals surface area contributed by atoms with Gasteiger partial charge in [-0.2, -0.15) is 13.2 Å². The summed E-state index contributed by atoms with van der Waals surface area (Å²) in [6.07, 6.45) is -3.57. The molecule has 0 heterocycles. The summed E-state index contributed by atoms with van der Waals surface area (Å²) < 4.78 is 48.1. The molecule has 3 N–H and O–H groups in total. The molecule has 2 atom stereocenters. The first kappa shape index (κ1) is 20.0. The van der Waals surface area contributed by atoms with Gasteiger partial charge < -0.3 is 15.6 Å². The zero-order valence-corrected chi connectivity index (χ0v) is 14.6.